The fraction of sp³-hybridized carbons (Fsp3) is 0.250. The fourth-order valence-corrected chi connectivity index (χ4v) is 5.29. The molecule has 0 fully saturated rings. The summed E-state index contributed by atoms with van der Waals surface area (Å²) in [4.78, 5) is 12.8. The molecule has 0 aliphatic carbocycles. The van der Waals surface area contributed by atoms with Gasteiger partial charge in [0, 0.05) is 22.0 Å². The Hall–Kier alpha value is -3.01. The predicted molar refractivity (Wildman–Crippen MR) is 141 cm³/mol. The number of carbonyl (C=O) groups is 1. The molecule has 3 aromatic rings. The molecule has 2 aromatic carbocycles. The lowest BCUT2D eigenvalue weighted by atomic mass is 10.2. The number of aryl methyl sites for hydroxylation is 1. The largest absolute Gasteiger partial charge is 0.497 e. The van der Waals surface area contributed by atoms with Crippen LogP contribution in [0.2, 0.25) is 10.0 Å². The lowest BCUT2D eigenvalue weighted by Crippen LogP contribution is -2.46. The number of carbonyl (C=O) groups excluding carboxylic acids is 1. The van der Waals surface area contributed by atoms with E-state index in [2.05, 4.69) is 10.5 Å². The van der Waals surface area contributed by atoms with Crippen LogP contribution in [0, 0.1) is 13.8 Å². The molecule has 0 spiro atoms. The second kappa shape index (κ2) is 10.7. The van der Waals surface area contributed by atoms with E-state index < -0.39 is 22.0 Å². The molecular weight excluding hydrogens is 511 g/mol. The summed E-state index contributed by atoms with van der Waals surface area (Å²) < 4.78 is 33.0. The maximum atomic E-state index is 12.8. The summed E-state index contributed by atoms with van der Waals surface area (Å²) in [6, 6.07) is 12.4. The van der Waals surface area contributed by atoms with Crippen LogP contribution in [-0.2, 0) is 14.8 Å². The molecule has 0 saturated carbocycles. The minimum absolute atomic E-state index is 0.335. The second-order valence-corrected chi connectivity index (χ2v) is 10.6. The zero-order valence-corrected chi connectivity index (χ0v) is 22.2. The molecule has 1 aromatic heterocycles. The average Bonchev–Trinajstić information content (AvgIpc) is 3.07. The highest BCUT2D eigenvalue weighted by Crippen LogP contribution is 2.28. The van der Waals surface area contributed by atoms with E-state index in [1.807, 2.05) is 24.5 Å². The van der Waals surface area contributed by atoms with Crippen LogP contribution in [0.25, 0.3) is 5.69 Å². The Bertz CT molecular complexity index is 1370. The van der Waals surface area contributed by atoms with Gasteiger partial charge in [0.15, 0.2) is 0 Å². The van der Waals surface area contributed by atoms with Crippen LogP contribution in [0.1, 0.15) is 23.9 Å². The molecule has 3 rings (SSSR count). The maximum absolute atomic E-state index is 12.8. The molecule has 8 nitrogen and oxygen atoms in total. The number of nitrogens with zero attached hydrogens (tertiary/aromatic N) is 3. The Balaban J connectivity index is 1.81. The molecule has 0 bridgehead atoms. The molecule has 1 N–H and O–H groups in total. The first-order chi connectivity index (χ1) is 16.4. The first kappa shape index (κ1) is 26.6. The van der Waals surface area contributed by atoms with Gasteiger partial charge in [-0.15, -0.1) is 0 Å². The van der Waals surface area contributed by atoms with E-state index in [9.17, 15) is 13.2 Å². The number of aromatic nitrogens is 1. The highest BCUT2D eigenvalue weighted by molar-refractivity contribution is 7.92. The van der Waals surface area contributed by atoms with Crippen molar-refractivity contribution < 1.29 is 17.9 Å². The van der Waals surface area contributed by atoms with Crippen molar-refractivity contribution in [1.29, 1.82) is 0 Å². The van der Waals surface area contributed by atoms with Gasteiger partial charge in [-0.2, -0.15) is 5.10 Å². The Kier molecular flexibility index (Phi) is 8.15. The molecule has 0 aliphatic rings. The normalized spacial score (nSPS) is 12.5. The molecule has 1 amide bonds. The summed E-state index contributed by atoms with van der Waals surface area (Å²) in [5.41, 5.74) is 5.99. The number of anilines is 1. The third kappa shape index (κ3) is 5.98. The van der Waals surface area contributed by atoms with E-state index >= 15 is 0 Å². The number of methoxy groups -OCH3 is 1. The van der Waals surface area contributed by atoms with Crippen LogP contribution in [-0.4, -0.2) is 44.5 Å². The Labute approximate surface area is 215 Å². The number of nitrogens with one attached hydrogen (secondary N) is 1. The van der Waals surface area contributed by atoms with Crippen molar-refractivity contribution in [3.63, 3.8) is 0 Å². The van der Waals surface area contributed by atoms with Crippen molar-refractivity contribution in [2.75, 3.05) is 17.7 Å². The molecule has 1 atom stereocenters. The summed E-state index contributed by atoms with van der Waals surface area (Å²) in [5, 5.41) is 5.16. The molecule has 186 valence electrons. The van der Waals surface area contributed by atoms with Crippen molar-refractivity contribution in [1.82, 2.24) is 9.99 Å². The van der Waals surface area contributed by atoms with Crippen molar-refractivity contribution in [2.24, 2.45) is 5.10 Å². The third-order valence-corrected chi connectivity index (χ3v) is 7.21. The van der Waals surface area contributed by atoms with Gasteiger partial charge in [-0.05, 0) is 69.3 Å². The van der Waals surface area contributed by atoms with E-state index in [4.69, 9.17) is 27.9 Å². The molecule has 1 heterocycles. The van der Waals surface area contributed by atoms with Crippen LogP contribution in [0.5, 0.6) is 5.75 Å². The van der Waals surface area contributed by atoms with E-state index in [0.29, 0.717) is 21.5 Å². The van der Waals surface area contributed by atoms with Crippen molar-refractivity contribution in [3.8, 4) is 11.4 Å². The molecule has 0 radical (unpaired) electrons. The summed E-state index contributed by atoms with van der Waals surface area (Å²) in [7, 11) is -2.24. The Morgan fingerprint density at radius 1 is 1.14 bits per heavy atom. The first-order valence-corrected chi connectivity index (χ1v) is 13.1. The van der Waals surface area contributed by atoms with Crippen LogP contribution >= 0.6 is 23.2 Å². The predicted octanol–water partition coefficient (Wildman–Crippen LogP) is 4.71. The third-order valence-electron chi connectivity index (χ3n) is 5.41. The standard InChI is InChI=1S/C24H26Cl2N4O4S/c1-15-12-18(16(2)29(15)23-13-19(25)6-11-22(23)26)14-27-28-24(31)17(3)30(35(5,32)33)20-7-9-21(34-4)10-8-20/h6-14,17H,1-5H3,(H,28,31)/b27-14-/t17-/m1/s1. The van der Waals surface area contributed by atoms with E-state index in [-0.39, 0.29) is 0 Å². The Morgan fingerprint density at radius 2 is 1.80 bits per heavy atom. The number of halogens is 2. The molecule has 0 saturated heterocycles. The fourth-order valence-electron chi connectivity index (χ4n) is 3.74. The van der Waals surface area contributed by atoms with Gasteiger partial charge in [-0.25, -0.2) is 13.8 Å². The van der Waals surface area contributed by atoms with Crippen LogP contribution < -0.4 is 14.5 Å². The lowest BCUT2D eigenvalue weighted by Gasteiger charge is -2.27. The van der Waals surface area contributed by atoms with Gasteiger partial charge < -0.3 is 9.30 Å². The number of hydrazone groups is 1. The van der Waals surface area contributed by atoms with Gasteiger partial charge in [0.05, 0.1) is 36.0 Å². The Morgan fingerprint density at radius 3 is 2.40 bits per heavy atom. The van der Waals surface area contributed by atoms with E-state index in [1.54, 1.807) is 42.5 Å². The smallest absolute Gasteiger partial charge is 0.263 e. The summed E-state index contributed by atoms with van der Waals surface area (Å²) in [6.45, 7) is 5.30. The summed E-state index contributed by atoms with van der Waals surface area (Å²) >= 11 is 12.5. The van der Waals surface area contributed by atoms with E-state index in [1.165, 1.54) is 20.2 Å². The van der Waals surface area contributed by atoms with Crippen molar-refractivity contribution in [2.45, 2.75) is 26.8 Å². The lowest BCUT2D eigenvalue weighted by molar-refractivity contribution is -0.121. The monoisotopic (exact) mass is 536 g/mol. The topological polar surface area (TPSA) is 93.0 Å². The minimum atomic E-state index is -3.75. The van der Waals surface area contributed by atoms with Gasteiger partial charge in [0.25, 0.3) is 5.91 Å². The first-order valence-electron chi connectivity index (χ1n) is 10.5. The van der Waals surface area contributed by atoms with Crippen molar-refractivity contribution in [3.05, 3.63) is 75.5 Å². The van der Waals surface area contributed by atoms with Crippen LogP contribution in [0.15, 0.2) is 53.6 Å². The minimum Gasteiger partial charge on any atom is -0.497 e. The molecule has 35 heavy (non-hydrogen) atoms. The van der Waals surface area contributed by atoms with Crippen LogP contribution in [0.4, 0.5) is 5.69 Å². The summed E-state index contributed by atoms with van der Waals surface area (Å²) in [6.07, 6.45) is 2.54. The average molecular weight is 537 g/mol. The zero-order chi connectivity index (χ0) is 25.9. The zero-order valence-electron chi connectivity index (χ0n) is 19.9. The number of amides is 1. The SMILES string of the molecule is COc1ccc(N([C@H](C)C(=O)N/N=C\c2cc(C)n(-c3cc(Cl)ccc3Cl)c2C)S(C)(=O)=O)cc1. The quantitative estimate of drug-likeness (QED) is 0.333. The molecule has 0 unspecified atom stereocenters. The van der Waals surface area contributed by atoms with Gasteiger partial charge in [-0.3, -0.25) is 9.10 Å². The van der Waals surface area contributed by atoms with Gasteiger partial charge in [0.2, 0.25) is 10.0 Å². The molecule has 11 heteroatoms. The van der Waals surface area contributed by atoms with Crippen LogP contribution in [0.3, 0.4) is 0 Å². The molecular formula is C24H26Cl2N4O4S. The van der Waals surface area contributed by atoms with Gasteiger partial charge >= 0.3 is 0 Å². The maximum Gasteiger partial charge on any atom is 0.263 e. The number of benzene rings is 2. The van der Waals surface area contributed by atoms with Gasteiger partial charge in [-0.1, -0.05) is 23.2 Å². The van der Waals surface area contributed by atoms with Crippen molar-refractivity contribution >= 4 is 51.0 Å². The number of rotatable bonds is 8. The number of hydrogen-bond acceptors (Lipinski definition) is 5. The number of ether oxygens (including phenoxy) is 1. The highest BCUT2D eigenvalue weighted by Gasteiger charge is 2.29. The number of hydrogen-bond donors (Lipinski definition) is 1. The highest BCUT2D eigenvalue weighted by atomic mass is 35.5. The van der Waals surface area contributed by atoms with E-state index in [0.717, 1.165) is 33.2 Å². The summed E-state index contributed by atoms with van der Waals surface area (Å²) in [5.74, 6) is -0.0187. The second-order valence-electron chi connectivity index (χ2n) is 7.92. The number of sulfonamides is 1. The van der Waals surface area contributed by atoms with Gasteiger partial charge in [0.1, 0.15) is 11.8 Å². The molecule has 0 aliphatic heterocycles.